The fourth-order valence-corrected chi connectivity index (χ4v) is 3.24. The Labute approximate surface area is 155 Å². The van der Waals surface area contributed by atoms with E-state index in [0.29, 0.717) is 22.8 Å². The molecule has 8 nitrogen and oxygen atoms in total. The summed E-state index contributed by atoms with van der Waals surface area (Å²) in [5.74, 6) is 0.713. The second kappa shape index (κ2) is 8.61. The Balaban J connectivity index is 2.25. The SMILES string of the molecule is COc1cc(/C=C2/SC(=O)N(CCNC(C)=O)C2=O)cc(OC)c1OC. The predicted molar refractivity (Wildman–Crippen MR) is 97.5 cm³/mol. The fraction of sp³-hybridized carbons (Fsp3) is 0.353. The quantitative estimate of drug-likeness (QED) is 0.722. The van der Waals surface area contributed by atoms with Crippen LogP contribution in [0.4, 0.5) is 4.79 Å². The van der Waals surface area contributed by atoms with Crippen molar-refractivity contribution in [2.24, 2.45) is 0 Å². The molecule has 2 rings (SSSR count). The molecule has 1 saturated heterocycles. The first-order valence-corrected chi connectivity index (χ1v) is 8.52. The molecule has 0 spiro atoms. The summed E-state index contributed by atoms with van der Waals surface area (Å²) in [5.41, 5.74) is 0.631. The second-order valence-electron chi connectivity index (χ2n) is 5.27. The van der Waals surface area contributed by atoms with Gasteiger partial charge >= 0.3 is 0 Å². The van der Waals surface area contributed by atoms with E-state index in [9.17, 15) is 14.4 Å². The Morgan fingerprint density at radius 1 is 1.15 bits per heavy atom. The first kappa shape index (κ1) is 19.6. The number of hydrogen-bond acceptors (Lipinski definition) is 7. The molecular formula is C17H20N2O6S. The lowest BCUT2D eigenvalue weighted by Crippen LogP contribution is -2.36. The zero-order valence-corrected chi connectivity index (χ0v) is 15.8. The fourth-order valence-electron chi connectivity index (χ4n) is 2.37. The van der Waals surface area contributed by atoms with Gasteiger partial charge in [0.15, 0.2) is 11.5 Å². The maximum atomic E-state index is 12.4. The van der Waals surface area contributed by atoms with Crippen LogP contribution in [0.25, 0.3) is 6.08 Å². The van der Waals surface area contributed by atoms with Crippen molar-refractivity contribution >= 4 is 34.9 Å². The molecule has 1 fully saturated rings. The molecule has 1 aliphatic rings. The van der Waals surface area contributed by atoms with Gasteiger partial charge in [-0.25, -0.2) is 0 Å². The summed E-state index contributed by atoms with van der Waals surface area (Å²) in [5, 5.41) is 2.18. The number of carbonyl (C=O) groups excluding carboxylic acids is 3. The van der Waals surface area contributed by atoms with E-state index in [-0.39, 0.29) is 29.1 Å². The van der Waals surface area contributed by atoms with E-state index in [1.165, 1.54) is 28.3 Å². The van der Waals surface area contributed by atoms with E-state index in [0.717, 1.165) is 16.7 Å². The third-order valence-electron chi connectivity index (χ3n) is 3.57. The maximum Gasteiger partial charge on any atom is 0.293 e. The average Bonchev–Trinajstić information content (AvgIpc) is 2.87. The Bertz CT molecular complexity index is 737. The molecule has 9 heteroatoms. The molecular weight excluding hydrogens is 360 g/mol. The van der Waals surface area contributed by atoms with Crippen LogP contribution in [-0.2, 0) is 9.59 Å². The topological polar surface area (TPSA) is 94.2 Å². The predicted octanol–water partition coefficient (Wildman–Crippen LogP) is 1.88. The molecule has 0 aromatic heterocycles. The van der Waals surface area contributed by atoms with Gasteiger partial charge in [0, 0.05) is 20.0 Å². The van der Waals surface area contributed by atoms with E-state index in [4.69, 9.17) is 14.2 Å². The van der Waals surface area contributed by atoms with Gasteiger partial charge in [0.2, 0.25) is 11.7 Å². The Kier molecular flexibility index (Phi) is 6.51. The number of nitrogens with zero attached hydrogens (tertiary/aromatic N) is 1. The largest absolute Gasteiger partial charge is 0.493 e. The Hall–Kier alpha value is -2.68. The summed E-state index contributed by atoms with van der Waals surface area (Å²) >= 11 is 0.845. The first-order chi connectivity index (χ1) is 12.4. The Morgan fingerprint density at radius 2 is 1.77 bits per heavy atom. The maximum absolute atomic E-state index is 12.4. The number of amides is 3. The van der Waals surface area contributed by atoms with Crippen molar-refractivity contribution in [2.45, 2.75) is 6.92 Å². The zero-order chi connectivity index (χ0) is 19.3. The van der Waals surface area contributed by atoms with Crippen molar-refractivity contribution in [1.82, 2.24) is 10.2 Å². The van der Waals surface area contributed by atoms with Crippen molar-refractivity contribution in [2.75, 3.05) is 34.4 Å². The molecule has 0 unspecified atom stereocenters. The third kappa shape index (κ3) is 4.29. The van der Waals surface area contributed by atoms with Crippen LogP contribution < -0.4 is 19.5 Å². The standard InChI is InChI=1S/C17H20N2O6S/c1-10(20)18-5-6-19-16(21)14(26-17(19)22)9-11-7-12(23-2)15(25-4)13(8-11)24-3/h7-9H,5-6H2,1-4H3,(H,18,20)/b14-9+. The van der Waals surface area contributed by atoms with Crippen LogP contribution >= 0.6 is 11.8 Å². The van der Waals surface area contributed by atoms with Crippen molar-refractivity contribution in [3.63, 3.8) is 0 Å². The molecule has 140 valence electrons. The summed E-state index contributed by atoms with van der Waals surface area (Å²) in [7, 11) is 4.49. The van der Waals surface area contributed by atoms with Gasteiger partial charge in [0.25, 0.3) is 11.1 Å². The molecule has 1 aromatic carbocycles. The van der Waals surface area contributed by atoms with Gasteiger partial charge in [0.05, 0.1) is 26.2 Å². The van der Waals surface area contributed by atoms with Crippen LogP contribution in [0.3, 0.4) is 0 Å². The van der Waals surface area contributed by atoms with E-state index in [1.807, 2.05) is 0 Å². The molecule has 26 heavy (non-hydrogen) atoms. The Morgan fingerprint density at radius 3 is 2.27 bits per heavy atom. The van der Waals surface area contributed by atoms with Gasteiger partial charge in [-0.3, -0.25) is 19.3 Å². The molecule has 1 N–H and O–H groups in total. The number of thioether (sulfide) groups is 1. The van der Waals surface area contributed by atoms with Crippen molar-refractivity contribution in [3.05, 3.63) is 22.6 Å². The number of hydrogen-bond donors (Lipinski definition) is 1. The summed E-state index contributed by atoms with van der Waals surface area (Å²) in [6.45, 7) is 1.71. The third-order valence-corrected chi connectivity index (χ3v) is 4.48. The van der Waals surface area contributed by atoms with Gasteiger partial charge in [-0.15, -0.1) is 0 Å². The van der Waals surface area contributed by atoms with Crippen molar-refractivity contribution in [1.29, 1.82) is 0 Å². The minimum Gasteiger partial charge on any atom is -0.493 e. The minimum atomic E-state index is -0.404. The molecule has 1 aromatic rings. The van der Waals surface area contributed by atoms with Crippen molar-refractivity contribution in [3.8, 4) is 17.2 Å². The van der Waals surface area contributed by atoms with Gasteiger partial charge in [0.1, 0.15) is 0 Å². The van der Waals surface area contributed by atoms with Gasteiger partial charge in [-0.2, -0.15) is 0 Å². The van der Waals surface area contributed by atoms with Crippen LogP contribution in [0.15, 0.2) is 17.0 Å². The molecule has 0 radical (unpaired) electrons. The monoisotopic (exact) mass is 380 g/mol. The minimum absolute atomic E-state index is 0.122. The van der Waals surface area contributed by atoms with Crippen LogP contribution in [0, 0.1) is 0 Å². The first-order valence-electron chi connectivity index (χ1n) is 7.71. The van der Waals surface area contributed by atoms with Crippen LogP contribution in [-0.4, -0.2) is 56.4 Å². The lowest BCUT2D eigenvalue weighted by Gasteiger charge is -2.13. The summed E-state index contributed by atoms with van der Waals surface area (Å²) < 4.78 is 15.8. The highest BCUT2D eigenvalue weighted by molar-refractivity contribution is 8.18. The summed E-state index contributed by atoms with van der Waals surface area (Å²) in [6.07, 6.45) is 1.59. The van der Waals surface area contributed by atoms with E-state index in [1.54, 1.807) is 18.2 Å². The number of imide groups is 1. The summed E-state index contributed by atoms with van der Waals surface area (Å²) in [4.78, 5) is 36.8. The van der Waals surface area contributed by atoms with E-state index in [2.05, 4.69) is 5.32 Å². The summed E-state index contributed by atoms with van der Waals surface area (Å²) in [6, 6.07) is 3.37. The van der Waals surface area contributed by atoms with Gasteiger partial charge in [-0.1, -0.05) is 0 Å². The molecule has 1 aliphatic heterocycles. The highest BCUT2D eigenvalue weighted by atomic mass is 32.2. The molecule has 0 atom stereocenters. The molecule has 0 saturated carbocycles. The normalized spacial score (nSPS) is 15.4. The van der Waals surface area contributed by atoms with E-state index >= 15 is 0 Å². The van der Waals surface area contributed by atoms with E-state index < -0.39 is 5.91 Å². The number of ether oxygens (including phenoxy) is 3. The van der Waals surface area contributed by atoms with Crippen LogP contribution in [0.1, 0.15) is 12.5 Å². The molecule has 0 bridgehead atoms. The van der Waals surface area contributed by atoms with Crippen molar-refractivity contribution < 1.29 is 28.6 Å². The lowest BCUT2D eigenvalue weighted by molar-refractivity contribution is -0.123. The number of rotatable bonds is 7. The molecule has 3 amide bonds. The molecule has 0 aliphatic carbocycles. The number of methoxy groups -OCH3 is 3. The van der Waals surface area contributed by atoms with Gasteiger partial charge in [-0.05, 0) is 35.5 Å². The van der Waals surface area contributed by atoms with Gasteiger partial charge < -0.3 is 19.5 Å². The smallest absolute Gasteiger partial charge is 0.293 e. The number of nitrogens with one attached hydrogen (secondary N) is 1. The van der Waals surface area contributed by atoms with Crippen LogP contribution in [0.2, 0.25) is 0 Å². The lowest BCUT2D eigenvalue weighted by atomic mass is 10.1. The molecule has 1 heterocycles. The zero-order valence-electron chi connectivity index (χ0n) is 15.0. The highest BCUT2D eigenvalue weighted by Gasteiger charge is 2.34. The number of carbonyl (C=O) groups is 3. The second-order valence-corrected chi connectivity index (χ2v) is 6.27. The highest BCUT2D eigenvalue weighted by Crippen LogP contribution is 2.40. The average molecular weight is 380 g/mol. The van der Waals surface area contributed by atoms with Crippen LogP contribution in [0.5, 0.6) is 17.2 Å². The number of benzene rings is 1.